The third-order valence-corrected chi connectivity index (χ3v) is 3.90. The summed E-state index contributed by atoms with van der Waals surface area (Å²) >= 11 is 0. The minimum absolute atomic E-state index is 0.0893. The maximum Gasteiger partial charge on any atom is 0.346 e. The molecule has 0 spiro atoms. The van der Waals surface area contributed by atoms with Gasteiger partial charge in [-0.25, -0.2) is 15.0 Å². The zero-order chi connectivity index (χ0) is 21.0. The third kappa shape index (κ3) is 6.20. The molecule has 0 unspecified atom stereocenters. The van der Waals surface area contributed by atoms with Gasteiger partial charge in [0.25, 0.3) is 0 Å². The average Bonchev–Trinajstić information content (AvgIpc) is 2.80. The number of carbonyl (C=O) groups excluding carboxylic acids is 2. The van der Waals surface area contributed by atoms with E-state index in [2.05, 4.69) is 10.5 Å². The number of benzene rings is 3. The van der Waals surface area contributed by atoms with E-state index in [4.69, 9.17) is 9.47 Å². The highest BCUT2D eigenvalue weighted by atomic mass is 16.6. The van der Waals surface area contributed by atoms with Crippen molar-refractivity contribution in [3.05, 3.63) is 91.0 Å². The largest absolute Gasteiger partial charge is 0.482 e. The van der Waals surface area contributed by atoms with Crippen molar-refractivity contribution in [3.63, 3.8) is 0 Å². The Morgan fingerprint density at radius 1 is 0.833 bits per heavy atom. The number of carbonyl (C=O) groups is 2. The topological polar surface area (TPSA) is 80.2 Å². The predicted octanol–water partition coefficient (Wildman–Crippen LogP) is 4.14. The number of amides is 2. The molecular formula is C23H21N3O4. The van der Waals surface area contributed by atoms with Gasteiger partial charge in [-0.3, -0.25) is 4.90 Å². The van der Waals surface area contributed by atoms with Crippen LogP contribution in [0.2, 0.25) is 0 Å². The fourth-order valence-corrected chi connectivity index (χ4v) is 2.56. The van der Waals surface area contributed by atoms with Crippen LogP contribution in [0.1, 0.15) is 0 Å². The Kier molecular flexibility index (Phi) is 7.56. The molecular weight excluding hydrogens is 382 g/mol. The highest BCUT2D eigenvalue weighted by Crippen LogP contribution is 2.24. The Morgan fingerprint density at radius 2 is 1.37 bits per heavy atom. The summed E-state index contributed by atoms with van der Waals surface area (Å²) in [5, 5.41) is 3.85. The van der Waals surface area contributed by atoms with Crippen molar-refractivity contribution in [1.82, 2.24) is 5.43 Å². The Labute approximate surface area is 174 Å². The lowest BCUT2D eigenvalue weighted by Crippen LogP contribution is -2.34. The molecule has 0 fully saturated rings. The van der Waals surface area contributed by atoms with Gasteiger partial charge in [-0.1, -0.05) is 54.6 Å². The molecule has 3 rings (SSSR count). The molecule has 0 aliphatic rings. The van der Waals surface area contributed by atoms with E-state index in [9.17, 15) is 9.59 Å². The second kappa shape index (κ2) is 11.0. The van der Waals surface area contributed by atoms with E-state index in [1.54, 1.807) is 12.1 Å². The van der Waals surface area contributed by atoms with E-state index >= 15 is 0 Å². The fraction of sp³-hybridized carbons (Fsp3) is 0.0870. The number of para-hydroxylation sites is 3. The second-order valence-electron chi connectivity index (χ2n) is 6.02. The molecule has 152 valence electrons. The fourth-order valence-electron chi connectivity index (χ4n) is 2.56. The van der Waals surface area contributed by atoms with Crippen LogP contribution in [0.4, 0.5) is 16.2 Å². The zero-order valence-electron chi connectivity index (χ0n) is 16.2. The first kappa shape index (κ1) is 20.6. The number of anilines is 2. The van der Waals surface area contributed by atoms with Crippen LogP contribution >= 0.6 is 0 Å². The third-order valence-electron chi connectivity index (χ3n) is 3.90. The quantitative estimate of drug-likeness (QED) is 0.348. The molecule has 7 nitrogen and oxygen atoms in total. The molecule has 0 aliphatic carbocycles. The summed E-state index contributed by atoms with van der Waals surface area (Å²) < 4.78 is 10.3. The molecule has 0 bridgehead atoms. The lowest BCUT2D eigenvalue weighted by atomic mass is 10.2. The van der Waals surface area contributed by atoms with Crippen molar-refractivity contribution in [2.75, 3.05) is 18.1 Å². The summed E-state index contributed by atoms with van der Waals surface area (Å²) in [6.45, 7) is -0.298. The van der Waals surface area contributed by atoms with Crippen molar-refractivity contribution >= 4 is 29.6 Å². The van der Waals surface area contributed by atoms with E-state index in [0.717, 1.165) is 0 Å². The van der Waals surface area contributed by atoms with Crippen LogP contribution in [0.3, 0.4) is 0 Å². The minimum Gasteiger partial charge on any atom is -0.482 e. The molecule has 0 radical (unpaired) electrons. The maximum absolute atomic E-state index is 12.7. The van der Waals surface area contributed by atoms with Gasteiger partial charge in [0.2, 0.25) is 0 Å². The first-order valence-corrected chi connectivity index (χ1v) is 9.29. The van der Waals surface area contributed by atoms with E-state index in [1.165, 1.54) is 11.1 Å². The molecule has 0 heterocycles. The minimum atomic E-state index is -0.535. The van der Waals surface area contributed by atoms with Crippen molar-refractivity contribution in [2.24, 2.45) is 5.10 Å². The number of hydrogen-bond donors (Lipinski definition) is 1. The molecule has 30 heavy (non-hydrogen) atoms. The van der Waals surface area contributed by atoms with Crippen molar-refractivity contribution in [3.8, 4) is 5.75 Å². The summed E-state index contributed by atoms with van der Waals surface area (Å²) in [7, 11) is 0. The molecule has 0 aliphatic heterocycles. The summed E-state index contributed by atoms with van der Waals surface area (Å²) in [6, 6.07) is 27.0. The van der Waals surface area contributed by atoms with Gasteiger partial charge in [0.15, 0.2) is 6.61 Å². The molecule has 1 N–H and O–H groups in total. The van der Waals surface area contributed by atoms with Gasteiger partial charge < -0.3 is 9.47 Å². The molecule has 3 aromatic carbocycles. The molecule has 3 aromatic rings. The van der Waals surface area contributed by atoms with Gasteiger partial charge in [-0.15, -0.1) is 0 Å². The highest BCUT2D eigenvalue weighted by molar-refractivity contribution is 5.99. The average molecular weight is 403 g/mol. The first-order chi connectivity index (χ1) is 14.7. The standard InChI is InChI=1S/C23H21N3O4/c27-22(18-30-21-14-8-3-9-15-21)29-17-16-24-25-23(28)26(19-10-4-1-5-11-19)20-12-6-2-7-13-20/h1-16H,17-18H2,(H,25,28). The Balaban J connectivity index is 1.49. The van der Waals surface area contributed by atoms with Crippen LogP contribution in [-0.2, 0) is 9.53 Å². The van der Waals surface area contributed by atoms with Crippen molar-refractivity contribution < 1.29 is 19.1 Å². The summed E-state index contributed by atoms with van der Waals surface area (Å²) in [6.07, 6.45) is 1.30. The SMILES string of the molecule is O=C(COc1ccccc1)OCC=NNC(=O)N(c1ccccc1)c1ccccc1. The first-order valence-electron chi connectivity index (χ1n) is 9.29. The number of rotatable bonds is 8. The molecule has 0 saturated carbocycles. The van der Waals surface area contributed by atoms with E-state index in [-0.39, 0.29) is 13.2 Å². The lowest BCUT2D eigenvalue weighted by Gasteiger charge is -2.22. The molecule has 0 saturated heterocycles. The van der Waals surface area contributed by atoms with E-state index < -0.39 is 12.0 Å². The van der Waals surface area contributed by atoms with Crippen LogP contribution in [-0.4, -0.2) is 31.4 Å². The van der Waals surface area contributed by atoms with E-state index in [0.29, 0.717) is 17.1 Å². The van der Waals surface area contributed by atoms with Crippen molar-refractivity contribution in [1.29, 1.82) is 0 Å². The number of hydrogen-bond acceptors (Lipinski definition) is 5. The highest BCUT2D eigenvalue weighted by Gasteiger charge is 2.16. The Bertz CT molecular complexity index is 924. The van der Waals surface area contributed by atoms with Gasteiger partial charge in [0.05, 0.1) is 17.6 Å². The smallest absolute Gasteiger partial charge is 0.346 e. The summed E-state index contributed by atoms with van der Waals surface area (Å²) in [5.74, 6) is 0.0455. The normalized spacial score (nSPS) is 10.4. The number of urea groups is 1. The van der Waals surface area contributed by atoms with Crippen LogP contribution in [0.5, 0.6) is 5.75 Å². The molecule has 7 heteroatoms. The molecule has 2 amide bonds. The van der Waals surface area contributed by atoms with Crippen LogP contribution in [0.25, 0.3) is 0 Å². The van der Waals surface area contributed by atoms with Crippen molar-refractivity contribution in [2.45, 2.75) is 0 Å². The Morgan fingerprint density at radius 3 is 1.93 bits per heavy atom. The zero-order valence-corrected chi connectivity index (χ0v) is 16.2. The summed E-state index contributed by atoms with van der Waals surface area (Å²) in [5.41, 5.74) is 3.84. The van der Waals surface area contributed by atoms with Crippen LogP contribution in [0.15, 0.2) is 96.1 Å². The number of ether oxygens (including phenoxy) is 2. The van der Waals surface area contributed by atoms with Gasteiger partial charge in [-0.2, -0.15) is 5.10 Å². The summed E-state index contributed by atoms with van der Waals surface area (Å²) in [4.78, 5) is 25.9. The second-order valence-corrected chi connectivity index (χ2v) is 6.02. The number of hydrazone groups is 1. The Hall–Kier alpha value is -4.13. The number of esters is 1. The molecule has 0 aromatic heterocycles. The van der Waals surface area contributed by atoms with Gasteiger partial charge in [-0.05, 0) is 36.4 Å². The van der Waals surface area contributed by atoms with Gasteiger partial charge >= 0.3 is 12.0 Å². The molecule has 0 atom stereocenters. The van der Waals surface area contributed by atoms with Gasteiger partial charge in [0.1, 0.15) is 12.4 Å². The number of nitrogens with one attached hydrogen (secondary N) is 1. The van der Waals surface area contributed by atoms with E-state index in [1.807, 2.05) is 78.9 Å². The number of nitrogens with zero attached hydrogens (tertiary/aromatic N) is 2. The predicted molar refractivity (Wildman–Crippen MR) is 115 cm³/mol. The maximum atomic E-state index is 12.7. The van der Waals surface area contributed by atoms with Crippen LogP contribution < -0.4 is 15.1 Å². The monoisotopic (exact) mass is 403 g/mol. The van der Waals surface area contributed by atoms with Gasteiger partial charge in [0, 0.05) is 0 Å². The van der Waals surface area contributed by atoms with Crippen LogP contribution in [0, 0.1) is 0 Å². The lowest BCUT2D eigenvalue weighted by molar-refractivity contribution is -0.144.